The van der Waals surface area contributed by atoms with Crippen LogP contribution >= 0.6 is 61.7 Å². The van der Waals surface area contributed by atoms with Crippen LogP contribution in [0.3, 0.4) is 0 Å². The van der Waals surface area contributed by atoms with Gasteiger partial charge in [0.1, 0.15) is 24.5 Å². The van der Waals surface area contributed by atoms with Crippen molar-refractivity contribution in [3.8, 4) is 17.2 Å². The molecule has 12 heteroatoms. The molecule has 0 radical (unpaired) electrons. The molecule has 0 aromatic heterocycles. The molecule has 224 valence electrons. The van der Waals surface area contributed by atoms with E-state index in [4.69, 9.17) is 37.4 Å². The first-order valence-electron chi connectivity index (χ1n) is 13.0. The first kappa shape index (κ1) is 31.8. The molecule has 1 aliphatic heterocycles. The van der Waals surface area contributed by atoms with Gasteiger partial charge in [0, 0.05) is 20.1 Å². The Bertz CT molecular complexity index is 1780. The molecule has 0 atom stereocenters. The summed E-state index contributed by atoms with van der Waals surface area (Å²) in [4.78, 5) is 39.8. The number of urea groups is 1. The first-order chi connectivity index (χ1) is 21.1. The third kappa shape index (κ3) is 7.37. The molecule has 1 saturated heterocycles. The molecule has 44 heavy (non-hydrogen) atoms. The number of imide groups is 2. The van der Waals surface area contributed by atoms with Crippen molar-refractivity contribution in [2.45, 2.75) is 13.2 Å². The van der Waals surface area contributed by atoms with Crippen molar-refractivity contribution < 1.29 is 28.6 Å². The summed E-state index contributed by atoms with van der Waals surface area (Å²) in [6.07, 6.45) is 1.41. The number of halogens is 4. The Kier molecular flexibility index (Phi) is 10.1. The fourth-order valence-corrected chi connectivity index (χ4v) is 5.76. The second-order valence-corrected chi connectivity index (χ2v) is 12.3. The minimum atomic E-state index is -0.859. The Hall–Kier alpha value is -3.58. The SMILES string of the molecule is COc1cc(/C=C2\C(=O)NC(=O)N(c3ccc(OCc4ccc(Cl)cc4Cl)cc3)C2=O)cc(I)c1OCc1ccc(Br)cc1. The van der Waals surface area contributed by atoms with Crippen LogP contribution in [0.2, 0.25) is 10.0 Å². The molecule has 0 spiro atoms. The Morgan fingerprint density at radius 1 is 0.909 bits per heavy atom. The van der Waals surface area contributed by atoms with Gasteiger partial charge in [0.2, 0.25) is 0 Å². The van der Waals surface area contributed by atoms with E-state index in [1.54, 1.807) is 54.6 Å². The predicted molar refractivity (Wildman–Crippen MR) is 180 cm³/mol. The Morgan fingerprint density at radius 2 is 1.64 bits per heavy atom. The van der Waals surface area contributed by atoms with E-state index in [-0.39, 0.29) is 17.9 Å². The maximum absolute atomic E-state index is 13.5. The van der Waals surface area contributed by atoms with Crippen LogP contribution < -0.4 is 24.4 Å². The van der Waals surface area contributed by atoms with Crippen molar-refractivity contribution >= 4 is 91.3 Å². The summed E-state index contributed by atoms with van der Waals surface area (Å²) in [5.41, 5.74) is 2.27. The van der Waals surface area contributed by atoms with Crippen molar-refractivity contribution in [1.82, 2.24) is 5.32 Å². The number of nitrogens with one attached hydrogen (secondary N) is 1. The molecule has 4 aromatic carbocycles. The zero-order chi connectivity index (χ0) is 31.4. The van der Waals surface area contributed by atoms with E-state index in [1.165, 1.54) is 13.2 Å². The van der Waals surface area contributed by atoms with E-state index in [9.17, 15) is 14.4 Å². The average Bonchev–Trinajstić information content (AvgIpc) is 2.99. The maximum Gasteiger partial charge on any atom is 0.335 e. The lowest BCUT2D eigenvalue weighted by Gasteiger charge is -2.26. The first-order valence-corrected chi connectivity index (χ1v) is 15.6. The van der Waals surface area contributed by atoms with Crippen molar-refractivity contribution in [3.05, 3.63) is 119 Å². The topological polar surface area (TPSA) is 94.2 Å². The fourth-order valence-electron chi connectivity index (χ4n) is 4.25. The number of barbiturate groups is 1. The number of anilines is 1. The van der Waals surface area contributed by atoms with E-state index >= 15 is 0 Å². The summed E-state index contributed by atoms with van der Waals surface area (Å²) in [5.74, 6) is -0.144. The molecule has 0 unspecified atom stereocenters. The highest BCUT2D eigenvalue weighted by Gasteiger charge is 2.37. The molecule has 1 N–H and O–H groups in total. The number of rotatable bonds is 9. The summed E-state index contributed by atoms with van der Waals surface area (Å²) >= 11 is 17.7. The van der Waals surface area contributed by atoms with Gasteiger partial charge in [-0.25, -0.2) is 9.69 Å². The van der Waals surface area contributed by atoms with Crippen molar-refractivity contribution in [3.63, 3.8) is 0 Å². The van der Waals surface area contributed by atoms with Gasteiger partial charge in [-0.05, 0) is 100 Å². The van der Waals surface area contributed by atoms with E-state index in [0.29, 0.717) is 43.0 Å². The van der Waals surface area contributed by atoms with E-state index in [1.807, 2.05) is 24.3 Å². The van der Waals surface area contributed by atoms with Crippen molar-refractivity contribution in [2.24, 2.45) is 0 Å². The van der Waals surface area contributed by atoms with Gasteiger partial charge < -0.3 is 14.2 Å². The third-order valence-corrected chi connectivity index (χ3v) is 8.38. The highest BCUT2D eigenvalue weighted by atomic mass is 127. The molecular weight excluding hydrogens is 786 g/mol. The second kappa shape index (κ2) is 14.0. The van der Waals surface area contributed by atoms with Crippen LogP contribution in [0.4, 0.5) is 10.5 Å². The van der Waals surface area contributed by atoms with Crippen LogP contribution in [0.5, 0.6) is 17.2 Å². The minimum absolute atomic E-state index is 0.191. The molecule has 0 saturated carbocycles. The lowest BCUT2D eigenvalue weighted by Crippen LogP contribution is -2.54. The van der Waals surface area contributed by atoms with Gasteiger partial charge in [0.25, 0.3) is 11.8 Å². The number of methoxy groups -OCH3 is 1. The van der Waals surface area contributed by atoms with Crippen molar-refractivity contribution in [2.75, 3.05) is 12.0 Å². The Labute approximate surface area is 285 Å². The Balaban J connectivity index is 1.33. The van der Waals surface area contributed by atoms with Crippen LogP contribution in [0.15, 0.2) is 88.9 Å². The number of hydrogen-bond donors (Lipinski definition) is 1. The van der Waals surface area contributed by atoms with Gasteiger partial charge in [-0.3, -0.25) is 14.9 Å². The van der Waals surface area contributed by atoms with Crippen molar-refractivity contribution in [1.29, 1.82) is 0 Å². The second-order valence-electron chi connectivity index (χ2n) is 9.43. The predicted octanol–water partition coefficient (Wildman–Crippen LogP) is 8.19. The number of nitrogens with zero attached hydrogens (tertiary/aromatic N) is 1. The molecule has 8 nitrogen and oxygen atoms in total. The minimum Gasteiger partial charge on any atom is -0.493 e. The normalized spacial score (nSPS) is 14.1. The third-order valence-electron chi connectivity index (χ3n) is 6.47. The van der Waals surface area contributed by atoms with Crippen LogP contribution in [0.25, 0.3) is 6.08 Å². The number of ether oxygens (including phenoxy) is 3. The van der Waals surface area contributed by atoms with Gasteiger partial charge >= 0.3 is 6.03 Å². The highest BCUT2D eigenvalue weighted by molar-refractivity contribution is 14.1. The summed E-state index contributed by atoms with van der Waals surface area (Å²) in [7, 11) is 1.51. The molecule has 4 aromatic rings. The molecule has 4 amide bonds. The molecule has 1 fully saturated rings. The van der Waals surface area contributed by atoms with Crippen LogP contribution in [-0.4, -0.2) is 25.0 Å². The standard InChI is InChI=1S/C32H22BrCl2IN2O6/c1-42-28-14-19(13-27(36)29(28)44-16-18-2-5-21(33)6-3-18)12-25-30(39)37-32(41)38(31(25)40)23-8-10-24(11-9-23)43-17-20-4-7-22(34)15-26(20)35/h2-15H,16-17H2,1H3,(H,37,39,41)/b25-12+. The van der Waals surface area contributed by atoms with Gasteiger partial charge in [0.05, 0.1) is 16.4 Å². The van der Waals surface area contributed by atoms with E-state index in [0.717, 1.165) is 20.5 Å². The average molecular weight is 808 g/mol. The zero-order valence-corrected chi connectivity index (χ0v) is 28.2. The maximum atomic E-state index is 13.5. The lowest BCUT2D eigenvalue weighted by molar-refractivity contribution is -0.122. The molecule has 1 heterocycles. The number of hydrogen-bond acceptors (Lipinski definition) is 6. The van der Waals surface area contributed by atoms with Gasteiger partial charge in [-0.2, -0.15) is 0 Å². The Morgan fingerprint density at radius 3 is 2.32 bits per heavy atom. The van der Waals surface area contributed by atoms with Gasteiger partial charge in [-0.1, -0.05) is 57.3 Å². The van der Waals surface area contributed by atoms with Crippen LogP contribution in [-0.2, 0) is 22.8 Å². The monoisotopic (exact) mass is 806 g/mol. The lowest BCUT2D eigenvalue weighted by atomic mass is 10.1. The number of benzene rings is 4. The molecular formula is C32H22BrCl2IN2O6. The summed E-state index contributed by atoms with van der Waals surface area (Å²) in [6, 6.07) is 21.7. The molecule has 0 bridgehead atoms. The molecule has 1 aliphatic rings. The van der Waals surface area contributed by atoms with E-state index in [2.05, 4.69) is 43.8 Å². The zero-order valence-electron chi connectivity index (χ0n) is 22.9. The highest BCUT2D eigenvalue weighted by Crippen LogP contribution is 2.36. The molecule has 5 rings (SSSR count). The summed E-state index contributed by atoms with van der Waals surface area (Å²) < 4.78 is 19.1. The van der Waals surface area contributed by atoms with Crippen LogP contribution in [0.1, 0.15) is 16.7 Å². The number of carbonyl (C=O) groups is 3. The number of carbonyl (C=O) groups excluding carboxylic acids is 3. The number of amides is 4. The summed E-state index contributed by atoms with van der Waals surface area (Å²) in [6.45, 7) is 0.507. The van der Waals surface area contributed by atoms with Crippen LogP contribution in [0, 0.1) is 3.57 Å². The quantitative estimate of drug-likeness (QED) is 0.104. The summed E-state index contributed by atoms with van der Waals surface area (Å²) in [5, 5.41) is 3.23. The molecule has 0 aliphatic carbocycles. The fraction of sp³-hybridized carbons (Fsp3) is 0.0938. The van der Waals surface area contributed by atoms with Gasteiger partial charge in [0.15, 0.2) is 11.5 Å². The van der Waals surface area contributed by atoms with Gasteiger partial charge in [-0.15, -0.1) is 0 Å². The largest absolute Gasteiger partial charge is 0.493 e. The smallest absolute Gasteiger partial charge is 0.335 e. The van der Waals surface area contributed by atoms with E-state index < -0.39 is 17.8 Å².